The number of rotatable bonds is 13. The van der Waals surface area contributed by atoms with E-state index < -0.39 is 17.0 Å². The molecule has 0 saturated carbocycles. The number of nitrogens with zero attached hydrogens (tertiary/aromatic N) is 3. The van der Waals surface area contributed by atoms with Crippen molar-refractivity contribution >= 4 is 17.6 Å². The van der Waals surface area contributed by atoms with E-state index in [2.05, 4.69) is 4.98 Å². The number of aliphatic hydroxyl groups is 1. The van der Waals surface area contributed by atoms with E-state index >= 15 is 0 Å². The number of unbranched alkanes of at least 4 members (excludes halogenated alkanes) is 3. The van der Waals surface area contributed by atoms with Crippen molar-refractivity contribution in [3.05, 3.63) is 34.1 Å². The minimum Gasteiger partial charge on any atom is -0.481 e. The van der Waals surface area contributed by atoms with Crippen LogP contribution in [-0.4, -0.2) is 55.6 Å². The van der Waals surface area contributed by atoms with Crippen molar-refractivity contribution in [2.24, 2.45) is 0 Å². The van der Waals surface area contributed by atoms with Gasteiger partial charge < -0.3 is 15.1 Å². The molecule has 0 aliphatic carbocycles. The Kier molecular flexibility index (Phi) is 9.66. The number of pyridine rings is 1. The molecule has 1 aliphatic heterocycles. The molecule has 0 aromatic carbocycles. The van der Waals surface area contributed by atoms with Crippen LogP contribution in [0.4, 0.5) is 5.69 Å². The minimum atomic E-state index is -0.774. The zero-order valence-corrected chi connectivity index (χ0v) is 17.2. The van der Waals surface area contributed by atoms with E-state index in [0.29, 0.717) is 44.3 Å². The lowest BCUT2D eigenvalue weighted by Gasteiger charge is -2.36. The van der Waals surface area contributed by atoms with Gasteiger partial charge in [0.25, 0.3) is 5.69 Å². The molecule has 1 amide bonds. The molecular weight excluding hydrogens is 390 g/mol. The fraction of sp³-hybridized carbons (Fsp3) is 0.667. The number of carbonyl (C=O) groups excluding carboxylic acids is 1. The zero-order valence-electron chi connectivity index (χ0n) is 17.2. The highest BCUT2D eigenvalue weighted by Gasteiger charge is 2.27. The largest absolute Gasteiger partial charge is 0.481 e. The summed E-state index contributed by atoms with van der Waals surface area (Å²) in [5, 5.41) is 29.7. The molecule has 0 spiro atoms. The number of nitro groups is 1. The van der Waals surface area contributed by atoms with Crippen molar-refractivity contribution < 1.29 is 24.7 Å². The van der Waals surface area contributed by atoms with E-state index in [4.69, 9.17) is 5.11 Å². The van der Waals surface area contributed by atoms with Gasteiger partial charge in [-0.3, -0.25) is 24.7 Å². The topological polar surface area (TPSA) is 134 Å². The molecule has 2 heterocycles. The van der Waals surface area contributed by atoms with Gasteiger partial charge in [0.1, 0.15) is 6.20 Å². The summed E-state index contributed by atoms with van der Waals surface area (Å²) in [6.07, 6.45) is 7.94. The summed E-state index contributed by atoms with van der Waals surface area (Å²) >= 11 is 0. The second-order valence-corrected chi connectivity index (χ2v) is 7.89. The number of piperidine rings is 1. The van der Waals surface area contributed by atoms with E-state index in [-0.39, 0.29) is 24.1 Å². The van der Waals surface area contributed by atoms with Crippen LogP contribution in [0.3, 0.4) is 0 Å². The molecule has 2 N–H and O–H groups in total. The molecule has 1 aromatic heterocycles. The summed E-state index contributed by atoms with van der Waals surface area (Å²) in [4.78, 5) is 39.0. The number of aliphatic hydroxyl groups excluding tert-OH is 1. The SMILES string of the molecule is O=C(O)CCCCCCN1C(=O)CCC[C@@H]1CCC(O)Cc1ccc([N+](=O)[O-])cn1. The monoisotopic (exact) mass is 421 g/mol. The van der Waals surface area contributed by atoms with Crippen molar-refractivity contribution in [2.75, 3.05) is 6.54 Å². The molecule has 2 atom stereocenters. The van der Waals surface area contributed by atoms with Crippen molar-refractivity contribution in [3.63, 3.8) is 0 Å². The third-order valence-electron chi connectivity index (χ3n) is 5.53. The predicted molar refractivity (Wildman–Crippen MR) is 110 cm³/mol. The highest BCUT2D eigenvalue weighted by Crippen LogP contribution is 2.24. The van der Waals surface area contributed by atoms with E-state index in [1.54, 1.807) is 6.07 Å². The van der Waals surface area contributed by atoms with E-state index in [0.717, 1.165) is 32.1 Å². The van der Waals surface area contributed by atoms with Crippen LogP contribution in [0, 0.1) is 10.1 Å². The average Bonchev–Trinajstić information content (AvgIpc) is 2.70. The number of carboxylic acid groups (broad SMARTS) is 1. The third kappa shape index (κ3) is 8.06. The maximum atomic E-state index is 12.4. The van der Waals surface area contributed by atoms with Crippen LogP contribution in [0.15, 0.2) is 18.3 Å². The van der Waals surface area contributed by atoms with Crippen LogP contribution < -0.4 is 0 Å². The van der Waals surface area contributed by atoms with Gasteiger partial charge in [0.05, 0.1) is 11.0 Å². The quantitative estimate of drug-likeness (QED) is 0.284. The van der Waals surface area contributed by atoms with Crippen molar-refractivity contribution in [1.82, 2.24) is 9.88 Å². The van der Waals surface area contributed by atoms with Gasteiger partial charge in [-0.15, -0.1) is 0 Å². The highest BCUT2D eigenvalue weighted by atomic mass is 16.6. The number of aliphatic carboxylic acids is 1. The number of aromatic nitrogens is 1. The average molecular weight is 421 g/mol. The van der Waals surface area contributed by atoms with Gasteiger partial charge in [-0.2, -0.15) is 0 Å². The molecule has 0 bridgehead atoms. The van der Waals surface area contributed by atoms with Crippen LogP contribution in [0.2, 0.25) is 0 Å². The predicted octanol–water partition coefficient (Wildman–Crippen LogP) is 3.09. The Bertz CT molecular complexity index is 709. The summed E-state index contributed by atoms with van der Waals surface area (Å²) in [6.45, 7) is 0.677. The van der Waals surface area contributed by atoms with Crippen molar-refractivity contribution in [1.29, 1.82) is 0 Å². The maximum absolute atomic E-state index is 12.4. The maximum Gasteiger partial charge on any atom is 0.303 e. The standard InChI is InChI=1S/C21H31N3O6/c25-19(14-16-9-10-18(15-22-16)24(29)30)12-11-17-6-5-7-20(26)23(17)13-4-2-1-3-8-21(27)28/h9-10,15,17,19,25H,1-8,11-14H2,(H,27,28)/t17-,19?/m1/s1. The first-order valence-corrected chi connectivity index (χ1v) is 10.7. The first kappa shape index (κ1) is 23.7. The molecule has 1 unspecified atom stereocenters. The second kappa shape index (κ2) is 12.2. The van der Waals surface area contributed by atoms with Crippen LogP contribution >= 0.6 is 0 Å². The Morgan fingerprint density at radius 1 is 1.30 bits per heavy atom. The molecule has 2 rings (SSSR count). The number of carbonyl (C=O) groups is 2. The van der Waals surface area contributed by atoms with E-state index in [1.807, 2.05) is 4.90 Å². The lowest BCUT2D eigenvalue weighted by atomic mass is 9.94. The highest BCUT2D eigenvalue weighted by molar-refractivity contribution is 5.77. The first-order chi connectivity index (χ1) is 14.4. The summed E-state index contributed by atoms with van der Waals surface area (Å²) in [5.74, 6) is -0.618. The third-order valence-corrected chi connectivity index (χ3v) is 5.53. The van der Waals surface area contributed by atoms with Crippen LogP contribution in [0.5, 0.6) is 0 Å². The van der Waals surface area contributed by atoms with Gasteiger partial charge in [0, 0.05) is 43.6 Å². The van der Waals surface area contributed by atoms with Crippen LogP contribution in [0.25, 0.3) is 0 Å². The lowest BCUT2D eigenvalue weighted by Crippen LogP contribution is -2.44. The number of amides is 1. The van der Waals surface area contributed by atoms with Gasteiger partial charge in [-0.25, -0.2) is 0 Å². The molecule has 1 saturated heterocycles. The molecule has 1 aromatic rings. The van der Waals surface area contributed by atoms with Gasteiger partial charge in [0.15, 0.2) is 0 Å². The number of likely N-dealkylation sites (tertiary alicyclic amines) is 1. The number of hydrogen-bond acceptors (Lipinski definition) is 6. The summed E-state index contributed by atoms with van der Waals surface area (Å²) in [6, 6.07) is 3.06. The Morgan fingerprint density at radius 3 is 2.73 bits per heavy atom. The first-order valence-electron chi connectivity index (χ1n) is 10.7. The Labute approximate surface area is 176 Å². The number of carboxylic acids is 1. The number of hydrogen-bond donors (Lipinski definition) is 2. The van der Waals surface area contributed by atoms with E-state index in [9.17, 15) is 24.8 Å². The molecule has 166 valence electrons. The van der Waals surface area contributed by atoms with Gasteiger partial charge in [-0.05, 0) is 44.6 Å². The Balaban J connectivity index is 1.75. The second-order valence-electron chi connectivity index (χ2n) is 7.89. The van der Waals surface area contributed by atoms with Crippen molar-refractivity contribution in [3.8, 4) is 0 Å². The Morgan fingerprint density at radius 2 is 2.07 bits per heavy atom. The van der Waals surface area contributed by atoms with Crippen LogP contribution in [0.1, 0.15) is 69.9 Å². The van der Waals surface area contributed by atoms with Gasteiger partial charge in [-0.1, -0.05) is 12.8 Å². The summed E-state index contributed by atoms with van der Waals surface area (Å²) in [5.41, 5.74) is 0.526. The fourth-order valence-corrected chi connectivity index (χ4v) is 3.89. The molecule has 9 nitrogen and oxygen atoms in total. The molecule has 0 radical (unpaired) electrons. The lowest BCUT2D eigenvalue weighted by molar-refractivity contribution is -0.385. The summed E-state index contributed by atoms with van der Waals surface area (Å²) in [7, 11) is 0. The normalized spacial score (nSPS) is 17.7. The molecule has 1 fully saturated rings. The fourth-order valence-electron chi connectivity index (χ4n) is 3.89. The van der Waals surface area contributed by atoms with E-state index in [1.165, 1.54) is 12.3 Å². The molecule has 1 aliphatic rings. The molecule has 9 heteroatoms. The minimum absolute atomic E-state index is 0.0763. The van der Waals surface area contributed by atoms with Gasteiger partial charge >= 0.3 is 5.97 Å². The van der Waals surface area contributed by atoms with Crippen LogP contribution in [-0.2, 0) is 16.0 Å². The Hall–Kier alpha value is -2.55. The molecule has 30 heavy (non-hydrogen) atoms. The zero-order chi connectivity index (χ0) is 21.9. The van der Waals surface area contributed by atoms with Gasteiger partial charge in [0.2, 0.25) is 5.91 Å². The smallest absolute Gasteiger partial charge is 0.303 e. The van der Waals surface area contributed by atoms with Crippen molar-refractivity contribution in [2.45, 2.75) is 82.8 Å². The molecular formula is C21H31N3O6. The summed E-state index contributed by atoms with van der Waals surface area (Å²) < 4.78 is 0.